The smallest absolute Gasteiger partial charge is 0.312 e. The maximum Gasteiger partial charge on any atom is 0.312 e. The zero-order valence-corrected chi connectivity index (χ0v) is 23.9. The first-order chi connectivity index (χ1) is 17.2. The summed E-state index contributed by atoms with van der Waals surface area (Å²) in [6.45, 7) is 5.21. The van der Waals surface area contributed by atoms with Crippen molar-refractivity contribution in [2.75, 3.05) is 6.61 Å². The van der Waals surface area contributed by atoms with Crippen molar-refractivity contribution in [1.29, 1.82) is 0 Å². The van der Waals surface area contributed by atoms with E-state index in [1.807, 2.05) is 0 Å². The molecule has 3 saturated carbocycles. The summed E-state index contributed by atoms with van der Waals surface area (Å²) < 4.78 is 6.17. The van der Waals surface area contributed by atoms with Crippen LogP contribution < -0.4 is 0 Å². The fourth-order valence-corrected chi connectivity index (χ4v) is 8.42. The van der Waals surface area contributed by atoms with Crippen LogP contribution in [0, 0.1) is 22.7 Å². The third-order valence-electron chi connectivity index (χ3n) is 10.7. The van der Waals surface area contributed by atoms with Gasteiger partial charge in [-0.05, 0) is 68.6 Å². The highest BCUT2D eigenvalue weighted by atomic mass is 16.5. The summed E-state index contributed by atoms with van der Waals surface area (Å²) in [5.74, 6) is 2.12. The summed E-state index contributed by atoms with van der Waals surface area (Å²) in [6.07, 6.45) is 32.8. The fraction of sp³-hybridized carbons (Fsp3) is 0.970. The average molecular weight is 489 g/mol. The normalized spacial score (nSPS) is 27.5. The second-order valence-corrected chi connectivity index (χ2v) is 12.9. The van der Waals surface area contributed by atoms with Gasteiger partial charge in [-0.1, -0.05) is 123 Å². The first-order valence-corrected chi connectivity index (χ1v) is 16.3. The van der Waals surface area contributed by atoms with Gasteiger partial charge >= 0.3 is 5.97 Å². The van der Waals surface area contributed by atoms with Crippen LogP contribution in [-0.2, 0) is 9.53 Å². The van der Waals surface area contributed by atoms with Gasteiger partial charge in [0.05, 0.1) is 12.0 Å². The van der Waals surface area contributed by atoms with E-state index in [-0.39, 0.29) is 16.8 Å². The van der Waals surface area contributed by atoms with Crippen molar-refractivity contribution < 1.29 is 9.53 Å². The molecule has 0 amide bonds. The molecule has 0 N–H and O–H groups in total. The highest BCUT2D eigenvalue weighted by Crippen LogP contribution is 2.61. The minimum absolute atomic E-state index is 0.184. The Balaban J connectivity index is 1.70. The van der Waals surface area contributed by atoms with Gasteiger partial charge < -0.3 is 4.74 Å². The Hall–Kier alpha value is -0.530. The van der Waals surface area contributed by atoms with Crippen molar-refractivity contribution >= 4 is 5.97 Å². The maximum absolute atomic E-state index is 14.0. The molecule has 3 fully saturated rings. The van der Waals surface area contributed by atoms with Crippen LogP contribution in [0.4, 0.5) is 0 Å². The van der Waals surface area contributed by atoms with E-state index in [1.165, 1.54) is 141 Å². The number of hydrogen-bond donors (Lipinski definition) is 0. The first-order valence-electron chi connectivity index (χ1n) is 16.3. The zero-order chi connectivity index (χ0) is 24.8. The van der Waals surface area contributed by atoms with E-state index in [0.29, 0.717) is 6.61 Å². The molecule has 0 aromatic rings. The lowest BCUT2D eigenvalue weighted by atomic mass is 9.49. The van der Waals surface area contributed by atoms with Gasteiger partial charge in [-0.25, -0.2) is 0 Å². The average Bonchev–Trinajstić information content (AvgIpc) is 2.91. The minimum Gasteiger partial charge on any atom is -0.465 e. The van der Waals surface area contributed by atoms with Crippen LogP contribution in [0.5, 0.6) is 0 Å². The quantitative estimate of drug-likeness (QED) is 0.169. The van der Waals surface area contributed by atoms with Crippen molar-refractivity contribution in [3.05, 3.63) is 0 Å². The topological polar surface area (TPSA) is 26.3 Å². The number of hydrogen-bond acceptors (Lipinski definition) is 2. The van der Waals surface area contributed by atoms with Crippen molar-refractivity contribution in [3.8, 4) is 0 Å². The number of rotatable bonds is 15. The predicted molar refractivity (Wildman–Crippen MR) is 150 cm³/mol. The lowest BCUT2D eigenvalue weighted by Gasteiger charge is -2.55. The molecular formula is C33H60O2. The Bertz CT molecular complexity index is 562. The number of esters is 1. The van der Waals surface area contributed by atoms with Gasteiger partial charge in [0.1, 0.15) is 0 Å². The van der Waals surface area contributed by atoms with Crippen molar-refractivity contribution in [1.82, 2.24) is 0 Å². The van der Waals surface area contributed by atoms with E-state index >= 15 is 0 Å². The molecule has 3 aliphatic rings. The van der Waals surface area contributed by atoms with E-state index in [1.54, 1.807) is 0 Å². The van der Waals surface area contributed by atoms with E-state index in [2.05, 4.69) is 13.8 Å². The molecule has 3 aliphatic carbocycles. The van der Waals surface area contributed by atoms with Gasteiger partial charge in [-0.15, -0.1) is 0 Å². The second-order valence-electron chi connectivity index (χ2n) is 12.9. The zero-order valence-electron chi connectivity index (χ0n) is 23.9. The van der Waals surface area contributed by atoms with Crippen molar-refractivity contribution in [3.63, 3.8) is 0 Å². The molecule has 0 atom stereocenters. The molecule has 2 heteroatoms. The first kappa shape index (κ1) is 29.0. The molecule has 0 bridgehead atoms. The second kappa shape index (κ2) is 15.7. The molecule has 0 spiro atoms. The van der Waals surface area contributed by atoms with Crippen LogP contribution in [0.1, 0.15) is 174 Å². The summed E-state index contributed by atoms with van der Waals surface area (Å²) in [5.41, 5.74) is 0.0286. The van der Waals surface area contributed by atoms with Crippen molar-refractivity contribution in [2.24, 2.45) is 22.7 Å². The van der Waals surface area contributed by atoms with Crippen molar-refractivity contribution in [2.45, 2.75) is 174 Å². The summed E-state index contributed by atoms with van der Waals surface area (Å²) >= 11 is 0. The van der Waals surface area contributed by atoms with Gasteiger partial charge in [0.25, 0.3) is 0 Å². The molecular weight excluding hydrogens is 428 g/mol. The van der Waals surface area contributed by atoms with Gasteiger partial charge in [0.2, 0.25) is 0 Å². The van der Waals surface area contributed by atoms with Crippen LogP contribution in [0.15, 0.2) is 0 Å². The van der Waals surface area contributed by atoms with Crippen LogP contribution in [0.25, 0.3) is 0 Å². The molecule has 204 valence electrons. The molecule has 0 aromatic heterocycles. The largest absolute Gasteiger partial charge is 0.465 e. The SMILES string of the molecule is CCCCCCCC[C@]1(C2(C(=O)OCCCCCC)CCCCC2)CC[C@@H](C2CCCCC2)CC1. The molecule has 0 aromatic carbocycles. The lowest BCUT2D eigenvalue weighted by Crippen LogP contribution is -2.52. The molecule has 0 saturated heterocycles. The van der Waals surface area contributed by atoms with Crippen LogP contribution in [-0.4, -0.2) is 12.6 Å². The fourth-order valence-electron chi connectivity index (χ4n) is 8.42. The molecule has 2 nitrogen and oxygen atoms in total. The Morgan fingerprint density at radius 3 is 1.83 bits per heavy atom. The van der Waals surface area contributed by atoms with E-state index < -0.39 is 0 Å². The monoisotopic (exact) mass is 488 g/mol. The molecule has 0 unspecified atom stereocenters. The summed E-state index contributed by atoms with van der Waals surface area (Å²) in [6, 6.07) is 0. The molecule has 0 radical (unpaired) electrons. The molecule has 0 aliphatic heterocycles. The lowest BCUT2D eigenvalue weighted by molar-refractivity contribution is -0.175. The van der Waals surface area contributed by atoms with Gasteiger partial charge in [0.15, 0.2) is 0 Å². The predicted octanol–water partition coefficient (Wildman–Crippen LogP) is 10.6. The molecule has 35 heavy (non-hydrogen) atoms. The Labute approximate surface area is 219 Å². The van der Waals surface area contributed by atoms with Crippen LogP contribution in [0.3, 0.4) is 0 Å². The standard InChI is InChI=1S/C33H60O2/c1-3-5-7-9-10-15-23-32(26-21-30(22-27-32)29-19-13-11-14-20-29)33(24-16-12-17-25-33)31(34)35-28-18-8-6-4-2/h29-30H,3-28H2,1-2H3/t30-,32+. The van der Waals surface area contributed by atoms with E-state index in [9.17, 15) is 4.79 Å². The third kappa shape index (κ3) is 7.98. The van der Waals surface area contributed by atoms with Crippen LogP contribution in [0.2, 0.25) is 0 Å². The van der Waals surface area contributed by atoms with Gasteiger partial charge in [-0.2, -0.15) is 0 Å². The Morgan fingerprint density at radius 2 is 1.17 bits per heavy atom. The Morgan fingerprint density at radius 1 is 0.629 bits per heavy atom. The van der Waals surface area contributed by atoms with Gasteiger partial charge in [-0.3, -0.25) is 4.79 Å². The number of carbonyl (C=O) groups is 1. The highest BCUT2D eigenvalue weighted by Gasteiger charge is 2.57. The highest BCUT2D eigenvalue weighted by molar-refractivity contribution is 5.78. The van der Waals surface area contributed by atoms with E-state index in [0.717, 1.165) is 31.1 Å². The van der Waals surface area contributed by atoms with E-state index in [4.69, 9.17) is 4.74 Å². The number of carbonyl (C=O) groups excluding carboxylic acids is 1. The number of ether oxygens (including phenoxy) is 1. The molecule has 3 rings (SSSR count). The van der Waals surface area contributed by atoms with Gasteiger partial charge in [0, 0.05) is 0 Å². The summed E-state index contributed by atoms with van der Waals surface area (Å²) in [4.78, 5) is 14.0. The summed E-state index contributed by atoms with van der Waals surface area (Å²) in [5, 5.41) is 0. The Kier molecular flexibility index (Phi) is 13.0. The van der Waals surface area contributed by atoms with Crippen LogP contribution >= 0.6 is 0 Å². The maximum atomic E-state index is 14.0. The number of unbranched alkanes of at least 4 members (excludes halogenated alkanes) is 8. The molecule has 0 heterocycles. The minimum atomic E-state index is -0.184. The third-order valence-corrected chi connectivity index (χ3v) is 10.7. The summed E-state index contributed by atoms with van der Waals surface area (Å²) in [7, 11) is 0.